The van der Waals surface area contributed by atoms with Gasteiger partial charge in [0.1, 0.15) is 5.75 Å². The summed E-state index contributed by atoms with van der Waals surface area (Å²) in [7, 11) is 0. The average molecular weight is 281 g/mol. The van der Waals surface area contributed by atoms with Gasteiger partial charge in [-0.3, -0.25) is 4.79 Å². The van der Waals surface area contributed by atoms with Gasteiger partial charge >= 0.3 is 0 Å². The van der Waals surface area contributed by atoms with Crippen molar-refractivity contribution in [3.8, 4) is 5.75 Å². The fraction of sp³-hybridized carbons (Fsp3) is 0.0833. The van der Waals surface area contributed by atoms with E-state index < -0.39 is 0 Å². The van der Waals surface area contributed by atoms with Gasteiger partial charge < -0.3 is 9.15 Å². The number of furan rings is 1. The van der Waals surface area contributed by atoms with Gasteiger partial charge in [0.15, 0.2) is 12.4 Å². The molecule has 0 atom stereocenters. The van der Waals surface area contributed by atoms with Crippen molar-refractivity contribution in [1.29, 1.82) is 0 Å². The fourth-order valence-electron chi connectivity index (χ4n) is 1.21. The van der Waals surface area contributed by atoms with Gasteiger partial charge in [-0.1, -0.05) is 22.0 Å². The van der Waals surface area contributed by atoms with Gasteiger partial charge in [0.25, 0.3) is 0 Å². The van der Waals surface area contributed by atoms with Crippen LogP contribution in [-0.4, -0.2) is 12.4 Å². The first-order chi connectivity index (χ1) is 7.75. The topological polar surface area (TPSA) is 39.4 Å². The van der Waals surface area contributed by atoms with Gasteiger partial charge in [-0.25, -0.2) is 0 Å². The van der Waals surface area contributed by atoms with Gasteiger partial charge in [-0.15, -0.1) is 0 Å². The quantitative estimate of drug-likeness (QED) is 0.807. The zero-order valence-electron chi connectivity index (χ0n) is 8.35. The Hall–Kier alpha value is -1.55. The predicted molar refractivity (Wildman–Crippen MR) is 62.7 cm³/mol. The molecule has 0 amide bonds. The number of Topliss-reactive ketones (excluding diaryl/α,β-unsaturated/α-hetero) is 1. The van der Waals surface area contributed by atoms with Crippen LogP contribution in [0.25, 0.3) is 0 Å². The standard InChI is InChI=1S/C12H9BrO3/c13-9-3-1-4-10(7-9)16-8-11(14)12-5-2-6-15-12/h1-7H,8H2. The van der Waals surface area contributed by atoms with Crippen molar-refractivity contribution in [3.05, 3.63) is 52.9 Å². The predicted octanol–water partition coefficient (Wildman–Crippen LogP) is 3.30. The molecular formula is C12H9BrO3. The highest BCUT2D eigenvalue weighted by Gasteiger charge is 2.09. The maximum atomic E-state index is 11.5. The second-order valence-corrected chi connectivity index (χ2v) is 4.06. The van der Waals surface area contributed by atoms with E-state index in [2.05, 4.69) is 15.9 Å². The molecule has 2 aromatic rings. The zero-order chi connectivity index (χ0) is 11.4. The van der Waals surface area contributed by atoms with Crippen LogP contribution in [0.4, 0.5) is 0 Å². The summed E-state index contributed by atoms with van der Waals surface area (Å²) in [5.41, 5.74) is 0. The van der Waals surface area contributed by atoms with Crippen LogP contribution in [0.1, 0.15) is 10.6 Å². The summed E-state index contributed by atoms with van der Waals surface area (Å²) in [5, 5.41) is 0. The fourth-order valence-corrected chi connectivity index (χ4v) is 1.59. The van der Waals surface area contributed by atoms with Crippen LogP contribution >= 0.6 is 15.9 Å². The minimum absolute atomic E-state index is 0.0238. The van der Waals surface area contributed by atoms with E-state index in [1.54, 1.807) is 24.3 Å². The first-order valence-corrected chi connectivity index (χ1v) is 5.50. The van der Waals surface area contributed by atoms with E-state index in [4.69, 9.17) is 9.15 Å². The molecule has 16 heavy (non-hydrogen) atoms. The van der Waals surface area contributed by atoms with Crippen LogP contribution in [0.2, 0.25) is 0 Å². The molecule has 1 aromatic carbocycles. The Morgan fingerprint density at radius 1 is 1.31 bits per heavy atom. The van der Waals surface area contributed by atoms with E-state index in [1.807, 2.05) is 12.1 Å². The summed E-state index contributed by atoms with van der Waals surface area (Å²) in [5.74, 6) is 0.786. The van der Waals surface area contributed by atoms with Gasteiger partial charge in [-0.05, 0) is 30.3 Å². The molecular weight excluding hydrogens is 272 g/mol. The van der Waals surface area contributed by atoms with Crippen molar-refractivity contribution in [2.24, 2.45) is 0 Å². The van der Waals surface area contributed by atoms with Crippen LogP contribution < -0.4 is 4.74 Å². The molecule has 3 nitrogen and oxygen atoms in total. The van der Waals surface area contributed by atoms with Gasteiger partial charge in [-0.2, -0.15) is 0 Å². The highest BCUT2D eigenvalue weighted by atomic mass is 79.9. The molecule has 2 rings (SSSR count). The summed E-state index contributed by atoms with van der Waals surface area (Å²) in [4.78, 5) is 11.5. The number of halogens is 1. The van der Waals surface area contributed by atoms with Crippen LogP contribution in [0.3, 0.4) is 0 Å². The summed E-state index contributed by atoms with van der Waals surface area (Å²) in [6.45, 7) is -0.0238. The zero-order valence-corrected chi connectivity index (χ0v) is 9.94. The second-order valence-electron chi connectivity index (χ2n) is 3.15. The Morgan fingerprint density at radius 2 is 2.19 bits per heavy atom. The number of carbonyl (C=O) groups is 1. The number of ether oxygens (including phenoxy) is 1. The molecule has 82 valence electrons. The van der Waals surface area contributed by atoms with E-state index in [-0.39, 0.29) is 12.4 Å². The average Bonchev–Trinajstić information content (AvgIpc) is 2.79. The Bertz CT molecular complexity index is 477. The van der Waals surface area contributed by atoms with Crippen molar-refractivity contribution in [1.82, 2.24) is 0 Å². The molecule has 0 aliphatic heterocycles. The smallest absolute Gasteiger partial charge is 0.235 e. The largest absolute Gasteiger partial charge is 0.485 e. The van der Waals surface area contributed by atoms with Gasteiger partial charge in [0.2, 0.25) is 5.78 Å². The van der Waals surface area contributed by atoms with E-state index in [9.17, 15) is 4.79 Å². The minimum atomic E-state index is -0.176. The lowest BCUT2D eigenvalue weighted by atomic mass is 10.3. The molecule has 1 heterocycles. The van der Waals surface area contributed by atoms with Crippen molar-refractivity contribution in [2.45, 2.75) is 0 Å². The van der Waals surface area contributed by atoms with E-state index >= 15 is 0 Å². The lowest BCUT2D eigenvalue weighted by Crippen LogP contribution is -2.10. The SMILES string of the molecule is O=C(COc1cccc(Br)c1)c1ccco1. The molecule has 0 spiro atoms. The van der Waals surface area contributed by atoms with Crippen molar-refractivity contribution >= 4 is 21.7 Å². The number of carbonyl (C=O) groups excluding carboxylic acids is 1. The van der Waals surface area contributed by atoms with Gasteiger partial charge in [0, 0.05) is 4.47 Å². The molecule has 0 fully saturated rings. The third-order valence-corrected chi connectivity index (χ3v) is 2.46. The molecule has 0 N–H and O–H groups in total. The molecule has 0 bridgehead atoms. The number of benzene rings is 1. The highest BCUT2D eigenvalue weighted by molar-refractivity contribution is 9.10. The maximum Gasteiger partial charge on any atom is 0.235 e. The monoisotopic (exact) mass is 280 g/mol. The van der Waals surface area contributed by atoms with Gasteiger partial charge in [0.05, 0.1) is 6.26 Å². The van der Waals surface area contributed by atoms with Crippen LogP contribution in [0.5, 0.6) is 5.75 Å². The third-order valence-electron chi connectivity index (χ3n) is 1.96. The number of hydrogen-bond donors (Lipinski definition) is 0. The van der Waals surface area contributed by atoms with E-state index in [0.29, 0.717) is 11.5 Å². The second kappa shape index (κ2) is 4.99. The number of hydrogen-bond acceptors (Lipinski definition) is 3. The molecule has 0 radical (unpaired) electrons. The Labute approximate surface area is 101 Å². The molecule has 0 saturated carbocycles. The Kier molecular flexibility index (Phi) is 3.41. The Balaban J connectivity index is 1.95. The van der Waals surface area contributed by atoms with E-state index in [1.165, 1.54) is 6.26 Å². The molecule has 0 aliphatic carbocycles. The van der Waals surface area contributed by atoms with Crippen LogP contribution in [0, 0.1) is 0 Å². The van der Waals surface area contributed by atoms with Crippen molar-refractivity contribution in [3.63, 3.8) is 0 Å². The highest BCUT2D eigenvalue weighted by Crippen LogP contribution is 2.17. The van der Waals surface area contributed by atoms with Crippen molar-refractivity contribution in [2.75, 3.05) is 6.61 Å². The lowest BCUT2D eigenvalue weighted by molar-refractivity contribution is 0.0893. The summed E-state index contributed by atoms with van der Waals surface area (Å²) < 4.78 is 11.2. The Morgan fingerprint density at radius 3 is 2.88 bits per heavy atom. The molecule has 0 unspecified atom stereocenters. The molecule has 0 aliphatic rings. The first kappa shape index (κ1) is 11.0. The normalized spacial score (nSPS) is 10.1. The minimum Gasteiger partial charge on any atom is -0.485 e. The third kappa shape index (κ3) is 2.73. The number of rotatable bonds is 4. The lowest BCUT2D eigenvalue weighted by Gasteiger charge is -2.04. The van der Waals surface area contributed by atoms with Crippen LogP contribution in [0.15, 0.2) is 51.6 Å². The summed E-state index contributed by atoms with van der Waals surface area (Å²) in [6.07, 6.45) is 1.46. The summed E-state index contributed by atoms with van der Waals surface area (Å²) >= 11 is 3.32. The first-order valence-electron chi connectivity index (χ1n) is 4.71. The number of ketones is 1. The molecule has 4 heteroatoms. The van der Waals surface area contributed by atoms with Crippen molar-refractivity contribution < 1.29 is 13.9 Å². The summed E-state index contributed by atoms with van der Waals surface area (Å²) in [6, 6.07) is 10.6. The van der Waals surface area contributed by atoms with Crippen LogP contribution in [-0.2, 0) is 0 Å². The van der Waals surface area contributed by atoms with E-state index in [0.717, 1.165) is 4.47 Å². The molecule has 1 aromatic heterocycles. The maximum absolute atomic E-state index is 11.5. The molecule has 0 saturated heterocycles.